The number of carbonyl (C=O) groups excluding carboxylic acids is 1. The van der Waals surface area contributed by atoms with Crippen molar-refractivity contribution in [2.24, 2.45) is 0 Å². The van der Waals surface area contributed by atoms with Crippen LogP contribution in [-0.4, -0.2) is 38.3 Å². The van der Waals surface area contributed by atoms with E-state index in [4.69, 9.17) is 9.47 Å². The van der Waals surface area contributed by atoms with Crippen LogP contribution < -0.4 is 22.0 Å². The SMILES string of the molecule is CCCCCOc1ccc(C(=O)OCCC[NH+]2CCCCC2C)cc1.[Cl-]. The lowest BCUT2D eigenvalue weighted by Crippen LogP contribution is -3.16. The molecule has 148 valence electrons. The minimum atomic E-state index is -0.237. The quantitative estimate of drug-likeness (QED) is 0.465. The van der Waals surface area contributed by atoms with E-state index in [0.29, 0.717) is 12.2 Å². The highest BCUT2D eigenvalue weighted by molar-refractivity contribution is 5.89. The normalized spacial score (nSPS) is 19.5. The van der Waals surface area contributed by atoms with Crippen LogP contribution in [0.5, 0.6) is 5.75 Å². The summed E-state index contributed by atoms with van der Waals surface area (Å²) < 4.78 is 11.1. The molecule has 5 heteroatoms. The number of hydrogen-bond acceptors (Lipinski definition) is 3. The van der Waals surface area contributed by atoms with E-state index in [0.717, 1.165) is 37.8 Å². The fourth-order valence-corrected chi connectivity index (χ4v) is 3.40. The molecule has 0 spiro atoms. The zero-order valence-electron chi connectivity index (χ0n) is 16.3. The molecule has 0 amide bonds. The van der Waals surface area contributed by atoms with Gasteiger partial charge >= 0.3 is 5.97 Å². The van der Waals surface area contributed by atoms with Crippen molar-refractivity contribution in [1.82, 2.24) is 0 Å². The summed E-state index contributed by atoms with van der Waals surface area (Å²) in [6.07, 6.45) is 8.38. The van der Waals surface area contributed by atoms with Crippen LogP contribution in [0.2, 0.25) is 0 Å². The summed E-state index contributed by atoms with van der Waals surface area (Å²) in [5.41, 5.74) is 0.597. The van der Waals surface area contributed by atoms with Crippen molar-refractivity contribution in [3.63, 3.8) is 0 Å². The van der Waals surface area contributed by atoms with Crippen LogP contribution in [0.15, 0.2) is 24.3 Å². The van der Waals surface area contributed by atoms with Crippen molar-refractivity contribution in [1.29, 1.82) is 0 Å². The Labute approximate surface area is 164 Å². The second-order valence-corrected chi connectivity index (χ2v) is 7.12. The Bertz CT molecular complexity index is 506. The number of hydrogen-bond donors (Lipinski definition) is 1. The number of likely N-dealkylation sites (tertiary alicyclic amines) is 1. The average molecular weight is 384 g/mol. The Kier molecular flexibility index (Phi) is 11.4. The first kappa shape index (κ1) is 22.8. The molecular weight excluding hydrogens is 350 g/mol. The van der Waals surface area contributed by atoms with Gasteiger partial charge in [0.2, 0.25) is 0 Å². The van der Waals surface area contributed by atoms with Crippen molar-refractivity contribution >= 4 is 5.97 Å². The van der Waals surface area contributed by atoms with Gasteiger partial charge in [0.05, 0.1) is 37.9 Å². The number of carbonyl (C=O) groups is 1. The number of esters is 1. The summed E-state index contributed by atoms with van der Waals surface area (Å²) in [7, 11) is 0. The number of ether oxygens (including phenoxy) is 2. The van der Waals surface area contributed by atoms with Crippen molar-refractivity contribution in [3.05, 3.63) is 29.8 Å². The maximum atomic E-state index is 12.1. The number of piperidine rings is 1. The predicted octanol–water partition coefficient (Wildman–Crippen LogP) is 0.264. The first-order valence-electron chi connectivity index (χ1n) is 9.95. The number of halogens is 1. The topological polar surface area (TPSA) is 40.0 Å². The molecule has 26 heavy (non-hydrogen) atoms. The molecule has 1 aromatic rings. The molecule has 0 radical (unpaired) electrons. The van der Waals surface area contributed by atoms with Gasteiger partial charge in [0.15, 0.2) is 0 Å². The van der Waals surface area contributed by atoms with Gasteiger partial charge in [-0.05, 0) is 56.9 Å². The highest BCUT2D eigenvalue weighted by atomic mass is 35.5. The van der Waals surface area contributed by atoms with Crippen LogP contribution in [0.4, 0.5) is 0 Å². The van der Waals surface area contributed by atoms with E-state index < -0.39 is 0 Å². The summed E-state index contributed by atoms with van der Waals surface area (Å²) in [5, 5.41) is 0. The largest absolute Gasteiger partial charge is 1.00 e. The van der Waals surface area contributed by atoms with Crippen molar-refractivity contribution in [3.8, 4) is 5.75 Å². The highest BCUT2D eigenvalue weighted by Gasteiger charge is 2.21. The number of rotatable bonds is 10. The molecule has 0 aliphatic carbocycles. The number of quaternary nitrogens is 1. The van der Waals surface area contributed by atoms with Gasteiger partial charge in [-0.15, -0.1) is 0 Å². The third-order valence-corrected chi connectivity index (χ3v) is 5.06. The van der Waals surface area contributed by atoms with Gasteiger partial charge in [-0.25, -0.2) is 4.79 Å². The van der Waals surface area contributed by atoms with E-state index >= 15 is 0 Å². The van der Waals surface area contributed by atoms with Crippen LogP contribution in [0.25, 0.3) is 0 Å². The van der Waals surface area contributed by atoms with Gasteiger partial charge in [0.25, 0.3) is 0 Å². The van der Waals surface area contributed by atoms with Gasteiger partial charge in [0.1, 0.15) is 5.75 Å². The Morgan fingerprint density at radius 2 is 1.88 bits per heavy atom. The molecule has 2 atom stereocenters. The van der Waals surface area contributed by atoms with Crippen LogP contribution >= 0.6 is 0 Å². The number of nitrogens with one attached hydrogen (secondary N) is 1. The molecule has 1 aliphatic rings. The van der Waals surface area contributed by atoms with E-state index in [1.807, 2.05) is 12.1 Å². The summed E-state index contributed by atoms with van der Waals surface area (Å²) in [6, 6.07) is 8.02. The van der Waals surface area contributed by atoms with Crippen molar-refractivity contribution in [2.75, 3.05) is 26.3 Å². The monoisotopic (exact) mass is 383 g/mol. The first-order chi connectivity index (χ1) is 12.2. The minimum Gasteiger partial charge on any atom is -1.00 e. The van der Waals surface area contributed by atoms with Crippen molar-refractivity contribution in [2.45, 2.75) is 64.8 Å². The molecule has 0 aromatic heterocycles. The van der Waals surface area contributed by atoms with Crippen LogP contribution in [0, 0.1) is 0 Å². The molecule has 1 heterocycles. The Balaban J connectivity index is 0.00000338. The molecule has 0 bridgehead atoms. The average Bonchev–Trinajstić information content (AvgIpc) is 2.64. The highest BCUT2D eigenvalue weighted by Crippen LogP contribution is 2.13. The zero-order valence-corrected chi connectivity index (χ0v) is 17.0. The Hall–Kier alpha value is -1.26. The second-order valence-electron chi connectivity index (χ2n) is 7.12. The van der Waals surface area contributed by atoms with Crippen LogP contribution in [0.3, 0.4) is 0 Å². The molecular formula is C21H34ClNO3. The molecule has 1 N–H and O–H groups in total. The summed E-state index contributed by atoms with van der Waals surface area (Å²) in [6.45, 7) is 8.09. The Morgan fingerprint density at radius 1 is 1.12 bits per heavy atom. The van der Waals surface area contributed by atoms with Gasteiger partial charge in [-0.2, -0.15) is 0 Å². The number of benzene rings is 1. The summed E-state index contributed by atoms with van der Waals surface area (Å²) >= 11 is 0. The maximum absolute atomic E-state index is 12.1. The third kappa shape index (κ3) is 7.96. The second kappa shape index (κ2) is 13.0. The molecule has 4 nitrogen and oxygen atoms in total. The predicted molar refractivity (Wildman–Crippen MR) is 100 cm³/mol. The van der Waals surface area contributed by atoms with Crippen LogP contribution in [-0.2, 0) is 4.74 Å². The molecule has 1 saturated heterocycles. The van der Waals surface area contributed by atoms with Gasteiger partial charge in [0, 0.05) is 6.42 Å². The molecule has 1 fully saturated rings. The molecule has 1 aromatic carbocycles. The minimum absolute atomic E-state index is 0. The molecule has 0 saturated carbocycles. The summed E-state index contributed by atoms with van der Waals surface area (Å²) in [4.78, 5) is 13.8. The first-order valence-corrected chi connectivity index (χ1v) is 9.95. The molecule has 2 rings (SSSR count). The molecule has 1 aliphatic heterocycles. The van der Waals surface area contributed by atoms with Crippen LogP contribution in [0.1, 0.15) is 69.2 Å². The smallest absolute Gasteiger partial charge is 0.338 e. The lowest BCUT2D eigenvalue weighted by atomic mass is 10.0. The van der Waals surface area contributed by atoms with E-state index in [2.05, 4.69) is 13.8 Å². The van der Waals surface area contributed by atoms with Gasteiger partial charge in [-0.1, -0.05) is 19.8 Å². The maximum Gasteiger partial charge on any atom is 0.338 e. The summed E-state index contributed by atoms with van der Waals surface area (Å²) in [5.74, 6) is 0.578. The van der Waals surface area contributed by atoms with Gasteiger partial charge in [-0.3, -0.25) is 0 Å². The fourth-order valence-electron chi connectivity index (χ4n) is 3.40. The lowest BCUT2D eigenvalue weighted by molar-refractivity contribution is -0.928. The third-order valence-electron chi connectivity index (χ3n) is 5.06. The van der Waals surface area contributed by atoms with Crippen molar-refractivity contribution < 1.29 is 31.6 Å². The van der Waals surface area contributed by atoms with E-state index in [9.17, 15) is 4.79 Å². The van der Waals surface area contributed by atoms with E-state index in [1.165, 1.54) is 38.6 Å². The number of unbranched alkanes of at least 4 members (excludes halogenated alkanes) is 2. The fraction of sp³-hybridized carbons (Fsp3) is 0.667. The zero-order chi connectivity index (χ0) is 17.9. The van der Waals surface area contributed by atoms with Gasteiger partial charge < -0.3 is 26.8 Å². The standard InChI is InChI=1S/C21H33NO3.ClH/c1-3-4-7-16-24-20-12-10-19(11-13-20)21(23)25-17-8-15-22-14-6-5-9-18(22)2;/h10-13,18H,3-9,14-17H2,1-2H3;1H. The Morgan fingerprint density at radius 3 is 2.58 bits per heavy atom. The molecule has 2 unspecified atom stereocenters. The van der Waals surface area contributed by atoms with E-state index in [1.54, 1.807) is 17.0 Å². The van der Waals surface area contributed by atoms with E-state index in [-0.39, 0.29) is 18.4 Å². The lowest BCUT2D eigenvalue weighted by Gasteiger charge is -2.30.